The summed E-state index contributed by atoms with van der Waals surface area (Å²) in [4.78, 5) is 12.6. The summed E-state index contributed by atoms with van der Waals surface area (Å²) in [6.45, 7) is 5.96. The molecule has 0 heterocycles. The van der Waals surface area contributed by atoms with E-state index in [9.17, 15) is 20.1 Å². The number of hydrogen-bond donors (Lipinski definition) is 3. The van der Waals surface area contributed by atoms with Crippen molar-refractivity contribution in [2.45, 2.75) is 58.0 Å². The van der Waals surface area contributed by atoms with E-state index in [2.05, 4.69) is 13.5 Å². The average Bonchev–Trinajstić information content (AvgIpc) is 2.74. The molecule has 4 rings (SSSR count). The topological polar surface area (TPSA) is 77.8 Å². The van der Waals surface area contributed by atoms with Crippen LogP contribution in [0.2, 0.25) is 0 Å². The van der Waals surface area contributed by atoms with Crippen LogP contribution in [0, 0.1) is 34.0 Å². The third kappa shape index (κ3) is 1.94. The van der Waals surface area contributed by atoms with Crippen LogP contribution < -0.4 is 0 Å². The maximum atomic E-state index is 12.6. The van der Waals surface area contributed by atoms with Crippen molar-refractivity contribution < 1.29 is 20.1 Å². The molecule has 4 heteroatoms. The summed E-state index contributed by atoms with van der Waals surface area (Å²) in [6, 6.07) is 0. The summed E-state index contributed by atoms with van der Waals surface area (Å²) in [5, 5.41) is 31.3. The number of ketones is 1. The van der Waals surface area contributed by atoms with E-state index in [4.69, 9.17) is 0 Å². The molecule has 0 aromatic rings. The van der Waals surface area contributed by atoms with E-state index in [1.54, 1.807) is 0 Å². The number of allylic oxidation sites excluding steroid dienone is 1. The van der Waals surface area contributed by atoms with E-state index in [1.165, 1.54) is 5.57 Å². The minimum absolute atomic E-state index is 0.0684. The maximum Gasteiger partial charge on any atom is 0.134 e. The van der Waals surface area contributed by atoms with Gasteiger partial charge in [-0.05, 0) is 54.8 Å². The fourth-order valence-electron chi connectivity index (χ4n) is 7.76. The van der Waals surface area contributed by atoms with E-state index in [0.29, 0.717) is 18.3 Å². The van der Waals surface area contributed by atoms with Gasteiger partial charge in [0.2, 0.25) is 0 Å². The van der Waals surface area contributed by atoms with Crippen LogP contribution in [0.1, 0.15) is 51.9 Å². The van der Waals surface area contributed by atoms with Gasteiger partial charge in [-0.15, -0.1) is 0 Å². The van der Waals surface area contributed by atoms with Crippen LogP contribution in [-0.2, 0) is 4.79 Å². The van der Waals surface area contributed by atoms with Gasteiger partial charge in [0.05, 0.1) is 19.3 Å². The highest BCUT2D eigenvalue weighted by atomic mass is 16.3. The highest BCUT2D eigenvalue weighted by Crippen LogP contribution is 2.71. The second-order valence-corrected chi connectivity index (χ2v) is 9.55. The van der Waals surface area contributed by atoms with Gasteiger partial charge in [-0.1, -0.05) is 19.1 Å². The molecule has 4 aliphatic carbocycles. The SMILES string of the molecule is C=C1C[C@@]23C[C@@H]1CC[C@@H]2[C@@]1(C)CC(=O)CC(CO)(CO)[C@@H]1[C@@H](O)C3. The zero-order chi connectivity index (χ0) is 17.3. The Morgan fingerprint density at radius 2 is 1.83 bits per heavy atom. The molecule has 0 aliphatic heterocycles. The summed E-state index contributed by atoms with van der Waals surface area (Å²) in [7, 11) is 0. The second kappa shape index (κ2) is 5.15. The number of aliphatic hydroxyl groups excluding tert-OH is 3. The van der Waals surface area contributed by atoms with Crippen LogP contribution in [0.5, 0.6) is 0 Å². The standard InChI is InChI=1S/C20H30O4/c1-12-5-19-6-13(12)3-4-16(19)18(2)7-14(23)8-20(10-21,11-22)17(18)15(24)9-19/h13,15-17,21-22,24H,1,3-11H2,2H3/t13-,15-,16+,17+,18+,19-/m0/s1. The first kappa shape index (κ1) is 16.7. The number of aliphatic hydroxyl groups is 3. The lowest BCUT2D eigenvalue weighted by molar-refractivity contribution is -0.217. The Bertz CT molecular complexity index is 580. The molecule has 0 amide bonds. The van der Waals surface area contributed by atoms with Crippen molar-refractivity contribution in [3.63, 3.8) is 0 Å². The van der Waals surface area contributed by atoms with E-state index in [-0.39, 0.29) is 42.2 Å². The Kier molecular flexibility index (Phi) is 3.59. The van der Waals surface area contributed by atoms with Crippen molar-refractivity contribution in [3.05, 3.63) is 12.2 Å². The largest absolute Gasteiger partial charge is 0.396 e. The molecule has 0 saturated heterocycles. The number of Topliss-reactive ketones (excluding diaryl/α,β-unsaturated/α-hetero) is 1. The van der Waals surface area contributed by atoms with Crippen LogP contribution in [-0.4, -0.2) is 40.4 Å². The average molecular weight is 334 g/mol. The molecule has 4 saturated carbocycles. The predicted octanol–water partition coefficient (Wildman–Crippen LogP) is 2.07. The fourth-order valence-corrected chi connectivity index (χ4v) is 7.76. The van der Waals surface area contributed by atoms with Crippen LogP contribution in [0.25, 0.3) is 0 Å². The van der Waals surface area contributed by atoms with Gasteiger partial charge >= 0.3 is 0 Å². The first-order chi connectivity index (χ1) is 11.3. The second-order valence-electron chi connectivity index (χ2n) is 9.55. The Morgan fingerprint density at radius 1 is 1.12 bits per heavy atom. The molecule has 0 unspecified atom stereocenters. The van der Waals surface area contributed by atoms with Crippen LogP contribution in [0.3, 0.4) is 0 Å². The molecule has 1 spiro atoms. The molecule has 0 radical (unpaired) electrons. The van der Waals surface area contributed by atoms with Gasteiger partial charge < -0.3 is 15.3 Å². The Hall–Kier alpha value is -0.710. The summed E-state index contributed by atoms with van der Waals surface area (Å²) < 4.78 is 0. The number of carbonyl (C=O) groups is 1. The summed E-state index contributed by atoms with van der Waals surface area (Å²) >= 11 is 0. The van der Waals surface area contributed by atoms with E-state index >= 15 is 0 Å². The number of rotatable bonds is 2. The van der Waals surface area contributed by atoms with Gasteiger partial charge in [0.25, 0.3) is 0 Å². The normalized spacial score (nSPS) is 49.7. The van der Waals surface area contributed by atoms with Gasteiger partial charge in [-0.25, -0.2) is 0 Å². The van der Waals surface area contributed by atoms with Crippen LogP contribution >= 0.6 is 0 Å². The van der Waals surface area contributed by atoms with Gasteiger partial charge in [0, 0.05) is 24.2 Å². The lowest BCUT2D eigenvalue weighted by atomic mass is 9.40. The van der Waals surface area contributed by atoms with Crippen LogP contribution in [0.4, 0.5) is 0 Å². The number of hydrogen-bond acceptors (Lipinski definition) is 4. The predicted molar refractivity (Wildman–Crippen MR) is 90.1 cm³/mol. The lowest BCUT2D eigenvalue weighted by Gasteiger charge is -2.65. The Labute approximate surface area is 144 Å². The van der Waals surface area contributed by atoms with Crippen molar-refractivity contribution >= 4 is 5.78 Å². The van der Waals surface area contributed by atoms with Gasteiger partial charge in [-0.2, -0.15) is 0 Å². The van der Waals surface area contributed by atoms with Crippen molar-refractivity contribution in [2.75, 3.05) is 13.2 Å². The highest BCUT2D eigenvalue weighted by molar-refractivity contribution is 5.81. The molecule has 24 heavy (non-hydrogen) atoms. The minimum atomic E-state index is -0.877. The molecule has 0 aromatic heterocycles. The van der Waals surface area contributed by atoms with Gasteiger partial charge in [-0.3, -0.25) is 4.79 Å². The van der Waals surface area contributed by atoms with Crippen LogP contribution in [0.15, 0.2) is 12.2 Å². The smallest absolute Gasteiger partial charge is 0.134 e. The summed E-state index contributed by atoms with van der Waals surface area (Å²) in [5.41, 5.74) is 0.175. The molecule has 0 aromatic carbocycles. The van der Waals surface area contributed by atoms with Crippen molar-refractivity contribution in [1.29, 1.82) is 0 Å². The first-order valence-electron chi connectivity index (χ1n) is 9.39. The summed E-state index contributed by atoms with van der Waals surface area (Å²) in [6.07, 6.45) is 5.09. The van der Waals surface area contributed by atoms with Crippen molar-refractivity contribution in [2.24, 2.45) is 34.0 Å². The maximum absolute atomic E-state index is 12.6. The third-order valence-corrected chi connectivity index (χ3v) is 8.28. The molecule has 6 atom stereocenters. The molecular weight excluding hydrogens is 304 g/mol. The quantitative estimate of drug-likeness (QED) is 0.676. The molecule has 3 N–H and O–H groups in total. The van der Waals surface area contributed by atoms with Crippen molar-refractivity contribution in [1.82, 2.24) is 0 Å². The molecule has 134 valence electrons. The van der Waals surface area contributed by atoms with E-state index in [0.717, 1.165) is 32.1 Å². The number of fused-ring (bicyclic) bond motifs is 3. The Balaban J connectivity index is 1.82. The molecule has 4 aliphatic rings. The van der Waals surface area contributed by atoms with Gasteiger partial charge in [0.1, 0.15) is 5.78 Å². The molecule has 2 bridgehead atoms. The third-order valence-electron chi connectivity index (χ3n) is 8.28. The number of carbonyl (C=O) groups excluding carboxylic acids is 1. The van der Waals surface area contributed by atoms with E-state index in [1.807, 2.05) is 0 Å². The lowest BCUT2D eigenvalue weighted by Crippen LogP contribution is -2.65. The molecule has 4 nitrogen and oxygen atoms in total. The Morgan fingerprint density at radius 3 is 2.50 bits per heavy atom. The van der Waals surface area contributed by atoms with Gasteiger partial charge in [0.15, 0.2) is 0 Å². The molecular formula is C20H30O4. The first-order valence-corrected chi connectivity index (χ1v) is 9.39. The highest BCUT2D eigenvalue weighted by Gasteiger charge is 2.68. The van der Waals surface area contributed by atoms with E-state index < -0.39 is 11.5 Å². The monoisotopic (exact) mass is 334 g/mol. The summed E-state index contributed by atoms with van der Waals surface area (Å²) in [5.74, 6) is 0.864. The zero-order valence-electron chi connectivity index (χ0n) is 14.6. The fraction of sp³-hybridized carbons (Fsp3) is 0.850. The minimum Gasteiger partial charge on any atom is -0.396 e. The zero-order valence-corrected chi connectivity index (χ0v) is 14.6. The molecule has 4 fully saturated rings. The van der Waals surface area contributed by atoms with Crippen molar-refractivity contribution in [3.8, 4) is 0 Å².